The fourth-order valence-electron chi connectivity index (χ4n) is 3.21. The third-order valence-corrected chi connectivity index (χ3v) is 6.95. The number of carbonyl (C=O) groups excluding carboxylic acids is 2. The van der Waals surface area contributed by atoms with Crippen molar-refractivity contribution in [2.24, 2.45) is 0 Å². The Kier molecular flexibility index (Phi) is 8.01. The van der Waals surface area contributed by atoms with E-state index in [-0.39, 0.29) is 29.4 Å². The lowest BCUT2D eigenvalue weighted by atomic mass is 10.1. The number of nitrogens with zero attached hydrogens (tertiary/aromatic N) is 1. The molecule has 0 bridgehead atoms. The molecule has 0 fully saturated rings. The van der Waals surface area contributed by atoms with Crippen LogP contribution < -0.4 is 9.62 Å². The lowest BCUT2D eigenvalue weighted by molar-refractivity contribution is -0.124. The van der Waals surface area contributed by atoms with Gasteiger partial charge in [0.05, 0.1) is 16.1 Å². The summed E-state index contributed by atoms with van der Waals surface area (Å²) in [6.07, 6.45) is 0. The van der Waals surface area contributed by atoms with Crippen molar-refractivity contribution in [3.05, 3.63) is 95.3 Å². The van der Waals surface area contributed by atoms with Gasteiger partial charge in [0.1, 0.15) is 5.82 Å². The highest BCUT2D eigenvalue weighted by molar-refractivity contribution is 7.92. The lowest BCUT2D eigenvalue weighted by Gasteiger charge is -2.23. The van der Waals surface area contributed by atoms with Gasteiger partial charge in [0.15, 0.2) is 6.61 Å². The number of para-hydroxylation sites is 1. The molecule has 0 aromatic heterocycles. The smallest absolute Gasteiger partial charge is 0.338 e. The summed E-state index contributed by atoms with van der Waals surface area (Å²) < 4.78 is 46.2. The number of benzene rings is 3. The van der Waals surface area contributed by atoms with E-state index in [1.54, 1.807) is 56.3 Å². The van der Waals surface area contributed by atoms with E-state index in [4.69, 9.17) is 4.74 Å². The van der Waals surface area contributed by atoms with Gasteiger partial charge in [0.25, 0.3) is 15.9 Å². The minimum Gasteiger partial charge on any atom is -0.452 e. The number of nitrogens with one attached hydrogen (secondary N) is 1. The quantitative estimate of drug-likeness (QED) is 0.466. The van der Waals surface area contributed by atoms with Crippen LogP contribution in [0.5, 0.6) is 0 Å². The number of hydrogen-bond donors (Lipinski definition) is 1. The maximum absolute atomic E-state index is 13.6. The van der Waals surface area contributed by atoms with Gasteiger partial charge >= 0.3 is 5.97 Å². The van der Waals surface area contributed by atoms with Crippen molar-refractivity contribution in [2.45, 2.75) is 25.3 Å². The zero-order chi connectivity index (χ0) is 24.7. The third kappa shape index (κ3) is 5.99. The largest absolute Gasteiger partial charge is 0.452 e. The normalized spacial score (nSPS) is 11.0. The first-order valence-electron chi connectivity index (χ1n) is 10.6. The molecule has 1 amide bonds. The molecule has 0 saturated carbocycles. The summed E-state index contributed by atoms with van der Waals surface area (Å²) in [5.41, 5.74) is 1.57. The van der Waals surface area contributed by atoms with Crippen LogP contribution in [0.1, 0.15) is 28.4 Å². The van der Waals surface area contributed by atoms with E-state index in [1.165, 1.54) is 34.6 Å². The van der Waals surface area contributed by atoms with Gasteiger partial charge in [-0.05, 0) is 61.4 Å². The first-order valence-corrected chi connectivity index (χ1v) is 12.0. The molecule has 0 heterocycles. The van der Waals surface area contributed by atoms with E-state index in [9.17, 15) is 22.4 Å². The van der Waals surface area contributed by atoms with Crippen LogP contribution in [-0.4, -0.2) is 33.4 Å². The number of ether oxygens (including phenoxy) is 1. The highest BCUT2D eigenvalue weighted by Crippen LogP contribution is 2.24. The zero-order valence-electron chi connectivity index (χ0n) is 18.8. The average molecular weight is 485 g/mol. The third-order valence-electron chi connectivity index (χ3n) is 5.05. The first-order chi connectivity index (χ1) is 16.2. The molecular weight excluding hydrogens is 459 g/mol. The van der Waals surface area contributed by atoms with Crippen LogP contribution >= 0.6 is 0 Å². The molecule has 0 spiro atoms. The van der Waals surface area contributed by atoms with Crippen molar-refractivity contribution in [1.29, 1.82) is 0 Å². The van der Waals surface area contributed by atoms with E-state index in [2.05, 4.69) is 5.32 Å². The summed E-state index contributed by atoms with van der Waals surface area (Å²) in [7, 11) is -3.92. The summed E-state index contributed by atoms with van der Waals surface area (Å²) in [5.74, 6) is -1.78. The van der Waals surface area contributed by atoms with E-state index in [1.807, 2.05) is 0 Å². The van der Waals surface area contributed by atoms with Crippen LogP contribution in [0.25, 0.3) is 0 Å². The van der Waals surface area contributed by atoms with Gasteiger partial charge in [-0.1, -0.05) is 36.4 Å². The highest BCUT2D eigenvalue weighted by atomic mass is 32.2. The highest BCUT2D eigenvalue weighted by Gasteiger charge is 2.24. The van der Waals surface area contributed by atoms with Gasteiger partial charge in [-0.3, -0.25) is 9.10 Å². The van der Waals surface area contributed by atoms with Crippen molar-refractivity contribution in [2.75, 3.05) is 17.5 Å². The average Bonchev–Trinajstić information content (AvgIpc) is 2.84. The standard InChI is InChI=1S/C25H25FN2O5S/c1-3-28(21-9-5-4-6-10-21)34(31,32)22-11-7-8-20(15-22)25(30)33-17-24(29)27-16-19-13-12-18(2)23(26)14-19/h4-15H,3,16-17H2,1-2H3,(H,27,29). The first kappa shape index (κ1) is 24.9. The molecule has 7 nitrogen and oxygen atoms in total. The molecule has 0 aliphatic rings. The Morgan fingerprint density at radius 3 is 2.41 bits per heavy atom. The van der Waals surface area contributed by atoms with Crippen LogP contribution in [0, 0.1) is 12.7 Å². The SMILES string of the molecule is CCN(c1ccccc1)S(=O)(=O)c1cccc(C(=O)OCC(=O)NCc2ccc(C)c(F)c2)c1. The number of sulfonamides is 1. The minimum absolute atomic E-state index is 0.00130. The molecule has 0 radical (unpaired) electrons. The number of carbonyl (C=O) groups is 2. The van der Waals surface area contributed by atoms with Crippen LogP contribution in [0.3, 0.4) is 0 Å². The van der Waals surface area contributed by atoms with Crippen LogP contribution in [0.4, 0.5) is 10.1 Å². The monoisotopic (exact) mass is 484 g/mol. The van der Waals surface area contributed by atoms with Crippen molar-refractivity contribution < 1.29 is 27.1 Å². The van der Waals surface area contributed by atoms with Gasteiger partial charge in [-0.15, -0.1) is 0 Å². The van der Waals surface area contributed by atoms with Crippen molar-refractivity contribution in [3.63, 3.8) is 0 Å². The molecule has 9 heteroatoms. The molecule has 3 aromatic rings. The van der Waals surface area contributed by atoms with Gasteiger partial charge in [-0.2, -0.15) is 0 Å². The molecule has 34 heavy (non-hydrogen) atoms. The fourth-order valence-corrected chi connectivity index (χ4v) is 4.73. The second kappa shape index (κ2) is 10.9. The molecular formula is C25H25FN2O5S. The Bertz CT molecular complexity index is 1280. The second-order valence-corrected chi connectivity index (χ2v) is 9.33. The van der Waals surface area contributed by atoms with Crippen molar-refractivity contribution in [3.8, 4) is 0 Å². The number of anilines is 1. The minimum atomic E-state index is -3.92. The molecule has 0 aliphatic carbocycles. The summed E-state index contributed by atoms with van der Waals surface area (Å²) in [6.45, 7) is 3.07. The maximum Gasteiger partial charge on any atom is 0.338 e. The molecule has 0 unspecified atom stereocenters. The van der Waals surface area contributed by atoms with Gasteiger partial charge in [0.2, 0.25) is 0 Å². The van der Waals surface area contributed by atoms with E-state index in [0.717, 1.165) is 0 Å². The Morgan fingerprint density at radius 2 is 1.74 bits per heavy atom. The van der Waals surface area contributed by atoms with Crippen LogP contribution in [0.15, 0.2) is 77.7 Å². The fraction of sp³-hybridized carbons (Fsp3) is 0.200. The molecule has 3 aromatic carbocycles. The van der Waals surface area contributed by atoms with Crippen LogP contribution in [-0.2, 0) is 26.1 Å². The molecule has 0 atom stereocenters. The Labute approximate surface area is 198 Å². The maximum atomic E-state index is 13.6. The molecule has 1 N–H and O–H groups in total. The van der Waals surface area contributed by atoms with Crippen LogP contribution in [0.2, 0.25) is 0 Å². The topological polar surface area (TPSA) is 92.8 Å². The van der Waals surface area contributed by atoms with Gasteiger partial charge in [-0.25, -0.2) is 17.6 Å². The Hall–Kier alpha value is -3.72. The lowest BCUT2D eigenvalue weighted by Crippen LogP contribution is -2.31. The molecule has 178 valence electrons. The number of esters is 1. The summed E-state index contributed by atoms with van der Waals surface area (Å²) in [5, 5.41) is 2.54. The predicted octanol–water partition coefficient (Wildman–Crippen LogP) is 3.82. The Morgan fingerprint density at radius 1 is 1.00 bits per heavy atom. The summed E-state index contributed by atoms with van der Waals surface area (Å²) in [6, 6.07) is 18.7. The van der Waals surface area contributed by atoms with E-state index < -0.39 is 28.5 Å². The summed E-state index contributed by atoms with van der Waals surface area (Å²) in [4.78, 5) is 24.4. The number of hydrogen-bond acceptors (Lipinski definition) is 5. The van der Waals surface area contributed by atoms with Gasteiger partial charge < -0.3 is 10.1 Å². The number of aryl methyl sites for hydroxylation is 1. The molecule has 0 aliphatic heterocycles. The predicted molar refractivity (Wildman–Crippen MR) is 126 cm³/mol. The second-order valence-electron chi connectivity index (χ2n) is 7.47. The summed E-state index contributed by atoms with van der Waals surface area (Å²) >= 11 is 0. The van der Waals surface area contributed by atoms with Crippen molar-refractivity contribution in [1.82, 2.24) is 5.32 Å². The Balaban J connectivity index is 1.63. The number of halogens is 1. The molecule has 0 saturated heterocycles. The van der Waals surface area contributed by atoms with Crippen molar-refractivity contribution >= 4 is 27.6 Å². The number of amides is 1. The number of rotatable bonds is 9. The van der Waals surface area contributed by atoms with E-state index >= 15 is 0 Å². The zero-order valence-corrected chi connectivity index (χ0v) is 19.6. The van der Waals surface area contributed by atoms with E-state index in [0.29, 0.717) is 16.8 Å². The molecule has 3 rings (SSSR count). The van der Waals surface area contributed by atoms with Gasteiger partial charge in [0, 0.05) is 13.1 Å².